The molecule has 0 radical (unpaired) electrons. The Labute approximate surface area is 95.3 Å². The summed E-state index contributed by atoms with van der Waals surface area (Å²) in [5.41, 5.74) is 2.22. The highest BCUT2D eigenvalue weighted by Crippen LogP contribution is 2.39. The highest BCUT2D eigenvalue weighted by molar-refractivity contribution is 5.71. The first-order valence-electron chi connectivity index (χ1n) is 5.97. The Morgan fingerprint density at radius 3 is 2.69 bits per heavy atom. The summed E-state index contributed by atoms with van der Waals surface area (Å²) >= 11 is 0. The van der Waals surface area contributed by atoms with E-state index < -0.39 is 5.97 Å². The summed E-state index contributed by atoms with van der Waals surface area (Å²) in [5.74, 6) is -0.929. The summed E-state index contributed by atoms with van der Waals surface area (Å²) in [4.78, 5) is 11.0. The number of nitrogens with zero attached hydrogens (tertiary/aromatic N) is 2. The highest BCUT2D eigenvalue weighted by atomic mass is 16.4. The number of hydrogen-bond donors (Lipinski definition) is 1. The summed E-state index contributed by atoms with van der Waals surface area (Å²) in [6.07, 6.45) is 3.54. The van der Waals surface area contributed by atoms with E-state index in [2.05, 4.69) is 25.0 Å². The van der Waals surface area contributed by atoms with Gasteiger partial charge in [0.2, 0.25) is 0 Å². The molecular weight excluding hydrogens is 204 g/mol. The molecule has 1 aromatic heterocycles. The Hall–Kier alpha value is -1.32. The second-order valence-corrected chi connectivity index (χ2v) is 4.37. The third-order valence-electron chi connectivity index (χ3n) is 3.46. The Balaban J connectivity index is 2.25. The Bertz CT molecular complexity index is 398. The van der Waals surface area contributed by atoms with E-state index in [1.165, 1.54) is 0 Å². The van der Waals surface area contributed by atoms with E-state index in [4.69, 9.17) is 5.11 Å². The lowest BCUT2D eigenvalue weighted by Gasteiger charge is -2.34. The molecule has 0 bridgehead atoms. The number of carboxylic acid groups (broad SMARTS) is 1. The van der Waals surface area contributed by atoms with Crippen LogP contribution in [0, 0.1) is 5.92 Å². The molecule has 2 rings (SSSR count). The predicted octanol–water partition coefficient (Wildman–Crippen LogP) is 2.04. The zero-order valence-electron chi connectivity index (χ0n) is 9.81. The number of aryl methyl sites for hydroxylation is 2. The maximum Gasteiger partial charge on any atom is 0.308 e. The van der Waals surface area contributed by atoms with E-state index in [0.29, 0.717) is 0 Å². The van der Waals surface area contributed by atoms with Crippen LogP contribution >= 0.6 is 0 Å². The fraction of sp³-hybridized carbons (Fsp3) is 0.667. The molecule has 1 N–H and O–H groups in total. The molecule has 0 spiro atoms. The van der Waals surface area contributed by atoms with E-state index in [1.807, 2.05) is 4.68 Å². The van der Waals surface area contributed by atoms with Gasteiger partial charge in [0, 0.05) is 5.69 Å². The summed E-state index contributed by atoms with van der Waals surface area (Å²) in [7, 11) is 0. The smallest absolute Gasteiger partial charge is 0.308 e. The quantitative estimate of drug-likeness (QED) is 0.848. The van der Waals surface area contributed by atoms with Crippen molar-refractivity contribution in [3.8, 4) is 0 Å². The Morgan fingerprint density at radius 2 is 2.25 bits per heavy atom. The minimum Gasteiger partial charge on any atom is -0.481 e. The SMILES string of the molecule is CCc1cc(CC)n(C2CCC2C(=O)O)n1. The van der Waals surface area contributed by atoms with Crippen molar-refractivity contribution >= 4 is 5.97 Å². The van der Waals surface area contributed by atoms with E-state index in [1.54, 1.807) is 0 Å². The molecule has 2 atom stereocenters. The zero-order chi connectivity index (χ0) is 11.7. The lowest BCUT2D eigenvalue weighted by molar-refractivity contribution is -0.147. The van der Waals surface area contributed by atoms with Crippen LogP contribution in [-0.4, -0.2) is 20.9 Å². The van der Waals surface area contributed by atoms with E-state index >= 15 is 0 Å². The lowest BCUT2D eigenvalue weighted by atomic mass is 9.79. The maximum absolute atomic E-state index is 11.0. The summed E-state index contributed by atoms with van der Waals surface area (Å²) in [5, 5.41) is 13.6. The third-order valence-corrected chi connectivity index (χ3v) is 3.46. The maximum atomic E-state index is 11.0. The molecule has 0 amide bonds. The molecular formula is C12H18N2O2. The van der Waals surface area contributed by atoms with E-state index in [9.17, 15) is 4.79 Å². The molecule has 2 unspecified atom stereocenters. The number of rotatable bonds is 4. The first-order chi connectivity index (χ1) is 7.67. The van der Waals surface area contributed by atoms with Gasteiger partial charge in [0.05, 0.1) is 17.7 Å². The molecule has 4 heteroatoms. The predicted molar refractivity (Wildman–Crippen MR) is 60.4 cm³/mol. The van der Waals surface area contributed by atoms with Gasteiger partial charge in [0.25, 0.3) is 0 Å². The van der Waals surface area contributed by atoms with Crippen LogP contribution in [0.25, 0.3) is 0 Å². The van der Waals surface area contributed by atoms with Gasteiger partial charge in [0.1, 0.15) is 0 Å². The monoisotopic (exact) mass is 222 g/mol. The van der Waals surface area contributed by atoms with Gasteiger partial charge in [-0.2, -0.15) is 5.10 Å². The van der Waals surface area contributed by atoms with E-state index in [0.717, 1.165) is 37.1 Å². The molecule has 4 nitrogen and oxygen atoms in total. The second kappa shape index (κ2) is 4.28. The molecule has 0 aliphatic heterocycles. The fourth-order valence-electron chi connectivity index (χ4n) is 2.28. The fourth-order valence-corrected chi connectivity index (χ4v) is 2.28. The van der Waals surface area contributed by atoms with Crippen LogP contribution in [0.2, 0.25) is 0 Å². The van der Waals surface area contributed by atoms with Crippen LogP contribution in [0.3, 0.4) is 0 Å². The molecule has 1 aliphatic carbocycles. The van der Waals surface area contributed by atoms with E-state index in [-0.39, 0.29) is 12.0 Å². The number of aromatic nitrogens is 2. The number of aliphatic carboxylic acids is 1. The van der Waals surface area contributed by atoms with Gasteiger partial charge in [-0.05, 0) is 31.7 Å². The van der Waals surface area contributed by atoms with Crippen LogP contribution in [0.1, 0.15) is 44.1 Å². The average molecular weight is 222 g/mol. The van der Waals surface area contributed by atoms with Crippen molar-refractivity contribution in [2.45, 2.75) is 45.6 Å². The van der Waals surface area contributed by atoms with Crippen molar-refractivity contribution in [2.24, 2.45) is 5.92 Å². The van der Waals surface area contributed by atoms with Gasteiger partial charge in [-0.25, -0.2) is 0 Å². The summed E-state index contributed by atoms with van der Waals surface area (Å²) in [6, 6.07) is 2.17. The first kappa shape index (κ1) is 11.2. The molecule has 0 aromatic carbocycles. The Morgan fingerprint density at radius 1 is 1.50 bits per heavy atom. The standard InChI is InChI=1S/C12H18N2O2/c1-3-8-7-9(4-2)14(13-8)11-6-5-10(11)12(15)16/h7,10-11H,3-6H2,1-2H3,(H,15,16). The van der Waals surface area contributed by atoms with Crippen molar-refractivity contribution in [3.05, 3.63) is 17.5 Å². The minimum absolute atomic E-state index is 0.0766. The van der Waals surface area contributed by atoms with Gasteiger partial charge in [-0.15, -0.1) is 0 Å². The van der Waals surface area contributed by atoms with Crippen molar-refractivity contribution in [2.75, 3.05) is 0 Å². The molecule has 1 aromatic rings. The van der Waals surface area contributed by atoms with Crippen molar-refractivity contribution in [1.29, 1.82) is 0 Å². The summed E-state index contributed by atoms with van der Waals surface area (Å²) < 4.78 is 1.95. The molecule has 1 aliphatic rings. The van der Waals surface area contributed by atoms with Crippen molar-refractivity contribution in [3.63, 3.8) is 0 Å². The van der Waals surface area contributed by atoms with Crippen LogP contribution in [0.4, 0.5) is 0 Å². The van der Waals surface area contributed by atoms with Crippen LogP contribution in [0.15, 0.2) is 6.07 Å². The second-order valence-electron chi connectivity index (χ2n) is 4.37. The highest BCUT2D eigenvalue weighted by Gasteiger charge is 2.39. The zero-order valence-corrected chi connectivity index (χ0v) is 9.81. The lowest BCUT2D eigenvalue weighted by Crippen LogP contribution is -2.36. The minimum atomic E-state index is -0.688. The molecule has 1 saturated carbocycles. The van der Waals surface area contributed by atoms with Crippen LogP contribution in [0.5, 0.6) is 0 Å². The van der Waals surface area contributed by atoms with Crippen molar-refractivity contribution < 1.29 is 9.90 Å². The van der Waals surface area contributed by atoms with Crippen LogP contribution in [-0.2, 0) is 17.6 Å². The molecule has 0 saturated heterocycles. The van der Waals surface area contributed by atoms with Gasteiger partial charge in [-0.3, -0.25) is 9.48 Å². The normalized spacial score (nSPS) is 24.1. The van der Waals surface area contributed by atoms with Gasteiger partial charge in [-0.1, -0.05) is 13.8 Å². The van der Waals surface area contributed by atoms with Crippen molar-refractivity contribution in [1.82, 2.24) is 9.78 Å². The van der Waals surface area contributed by atoms with Gasteiger partial charge in [0.15, 0.2) is 0 Å². The third kappa shape index (κ3) is 1.72. The number of carboxylic acids is 1. The molecule has 88 valence electrons. The number of hydrogen-bond acceptors (Lipinski definition) is 2. The topological polar surface area (TPSA) is 55.1 Å². The number of carbonyl (C=O) groups is 1. The summed E-state index contributed by atoms with van der Waals surface area (Å²) in [6.45, 7) is 4.16. The van der Waals surface area contributed by atoms with Crippen LogP contribution < -0.4 is 0 Å². The average Bonchev–Trinajstić information content (AvgIpc) is 2.58. The first-order valence-corrected chi connectivity index (χ1v) is 5.97. The Kier molecular flexibility index (Phi) is 2.99. The molecule has 16 heavy (non-hydrogen) atoms. The largest absolute Gasteiger partial charge is 0.481 e. The van der Waals surface area contributed by atoms with Gasteiger partial charge < -0.3 is 5.11 Å². The molecule has 1 fully saturated rings. The van der Waals surface area contributed by atoms with Gasteiger partial charge >= 0.3 is 5.97 Å². The molecule has 1 heterocycles.